The van der Waals surface area contributed by atoms with Crippen molar-refractivity contribution < 1.29 is 95.2 Å². The third-order valence-electron chi connectivity index (χ3n) is 13.1. The smallest absolute Gasteiger partial charge is 0.455 e. The van der Waals surface area contributed by atoms with Gasteiger partial charge in [0.25, 0.3) is 11.2 Å². The van der Waals surface area contributed by atoms with Crippen LogP contribution in [-0.4, -0.2) is 99.4 Å². The number of halogens is 12. The Morgan fingerprint density at radius 3 is 1.24 bits per heavy atom. The highest BCUT2D eigenvalue weighted by atomic mass is 28.4. The molecule has 0 radical (unpaired) electrons. The molecule has 6 aliphatic rings. The molecule has 9 nitrogen and oxygen atoms in total. The van der Waals surface area contributed by atoms with Crippen LogP contribution in [0.3, 0.4) is 0 Å². The minimum Gasteiger partial charge on any atom is -0.455 e. The minimum atomic E-state index is -6.01. The first-order valence-corrected chi connectivity index (χ1v) is 21.2. The van der Waals surface area contributed by atoms with Crippen LogP contribution in [0, 0.1) is 35.5 Å². The van der Waals surface area contributed by atoms with Crippen molar-refractivity contribution in [1.82, 2.24) is 0 Å². The standard InChI is InChI=1S/C16H20F6O3.C16H18F6O3.C4H12O3Si/c2*17-15(18,19)14(24,16(20,21)22)13(5-1-2-6-13)25-12(23)11-8-9-3-4-10(11)7-9;1-5-8(4,6-2)7-3/h9-11,24H,1-8H2;3-4,9-11,24H,1-2,5-8H2;1-4H3. The second kappa shape index (κ2) is 17.0. The van der Waals surface area contributed by atoms with Gasteiger partial charge in [0, 0.05) is 27.9 Å². The van der Waals surface area contributed by atoms with Gasteiger partial charge in [-0.25, -0.2) is 0 Å². The lowest BCUT2D eigenvalue weighted by Crippen LogP contribution is -2.71. The van der Waals surface area contributed by atoms with Gasteiger partial charge >= 0.3 is 45.4 Å². The Morgan fingerprint density at radius 1 is 0.586 bits per heavy atom. The van der Waals surface area contributed by atoms with Crippen molar-refractivity contribution in [3.8, 4) is 0 Å². The topological polar surface area (TPSA) is 121 Å². The van der Waals surface area contributed by atoms with Gasteiger partial charge in [-0.05, 0) is 107 Å². The molecule has 0 heterocycles. The molecule has 0 aromatic rings. The van der Waals surface area contributed by atoms with E-state index in [-0.39, 0.29) is 49.4 Å². The summed E-state index contributed by atoms with van der Waals surface area (Å²) in [5.74, 6) is -3.40. The second-order valence-electron chi connectivity index (χ2n) is 16.3. The summed E-state index contributed by atoms with van der Waals surface area (Å²) in [5, 5.41) is 19.6. The van der Waals surface area contributed by atoms with Crippen LogP contribution in [-0.2, 0) is 32.3 Å². The number of carbonyl (C=O) groups excluding carboxylic acids is 2. The summed E-state index contributed by atoms with van der Waals surface area (Å²) >= 11 is 0. The highest BCUT2D eigenvalue weighted by Gasteiger charge is 2.83. The molecule has 0 aromatic carbocycles. The van der Waals surface area contributed by atoms with Crippen LogP contribution in [0.5, 0.6) is 0 Å². The van der Waals surface area contributed by atoms with E-state index < -0.39 is 105 Å². The summed E-state index contributed by atoms with van der Waals surface area (Å²) in [7, 11) is 2.58. The monoisotopic (exact) mass is 882 g/mol. The third kappa shape index (κ3) is 8.79. The maximum absolute atomic E-state index is 13.3. The average Bonchev–Trinajstić information content (AvgIpc) is 3.99. The molecule has 4 bridgehead atoms. The number of esters is 2. The summed E-state index contributed by atoms with van der Waals surface area (Å²) in [6, 6.07) is 0. The number of ether oxygens (including phenoxy) is 2. The molecule has 0 spiro atoms. The predicted octanol–water partition coefficient (Wildman–Crippen LogP) is 8.54. The number of fused-ring (bicyclic) bond motifs is 4. The maximum atomic E-state index is 13.3. The summed E-state index contributed by atoms with van der Waals surface area (Å²) in [6.45, 7) is 1.83. The van der Waals surface area contributed by atoms with Crippen LogP contribution in [0.25, 0.3) is 0 Å². The van der Waals surface area contributed by atoms with Crippen molar-refractivity contribution in [1.29, 1.82) is 0 Å². The molecule has 5 saturated carbocycles. The zero-order valence-corrected chi connectivity index (χ0v) is 33.3. The number of hydrogen-bond acceptors (Lipinski definition) is 9. The normalized spacial score (nSPS) is 29.1. The van der Waals surface area contributed by atoms with Crippen molar-refractivity contribution in [3.63, 3.8) is 0 Å². The molecule has 0 aromatic heterocycles. The summed E-state index contributed by atoms with van der Waals surface area (Å²) < 4.78 is 184. The molecular formula is C36H50F12O9Si. The van der Waals surface area contributed by atoms with Gasteiger partial charge in [-0.15, -0.1) is 0 Å². The molecule has 22 heteroatoms. The first kappa shape index (κ1) is 48.5. The fraction of sp³-hybridized carbons (Fsp3) is 0.889. The molecule has 6 atom stereocenters. The van der Waals surface area contributed by atoms with Gasteiger partial charge in [0.1, 0.15) is 0 Å². The van der Waals surface area contributed by atoms with Crippen molar-refractivity contribution in [3.05, 3.63) is 12.2 Å². The Balaban J connectivity index is 0.000000217. The fourth-order valence-electron chi connectivity index (χ4n) is 9.69. The Labute approximate surface area is 328 Å². The molecule has 0 amide bonds. The molecule has 58 heavy (non-hydrogen) atoms. The van der Waals surface area contributed by atoms with Crippen LogP contribution >= 0.6 is 0 Å². The summed E-state index contributed by atoms with van der Waals surface area (Å²) in [4.78, 5) is 24.8. The van der Waals surface area contributed by atoms with Crippen molar-refractivity contribution in [2.75, 3.05) is 21.3 Å². The van der Waals surface area contributed by atoms with Gasteiger partial charge in [0.15, 0.2) is 11.2 Å². The van der Waals surface area contributed by atoms with Crippen LogP contribution in [0.2, 0.25) is 6.55 Å². The maximum Gasteiger partial charge on any atom is 0.496 e. The van der Waals surface area contributed by atoms with E-state index in [9.17, 15) is 72.5 Å². The van der Waals surface area contributed by atoms with E-state index in [0.29, 0.717) is 19.3 Å². The van der Waals surface area contributed by atoms with Crippen LogP contribution in [0.1, 0.15) is 89.9 Å². The van der Waals surface area contributed by atoms with Crippen LogP contribution < -0.4 is 0 Å². The van der Waals surface area contributed by atoms with Gasteiger partial charge in [-0.2, -0.15) is 52.7 Å². The van der Waals surface area contributed by atoms with E-state index in [4.69, 9.17) is 22.8 Å². The zero-order valence-electron chi connectivity index (χ0n) is 32.3. The van der Waals surface area contributed by atoms with Crippen LogP contribution in [0.15, 0.2) is 12.2 Å². The van der Waals surface area contributed by atoms with E-state index >= 15 is 0 Å². The van der Waals surface area contributed by atoms with E-state index in [2.05, 4.69) is 0 Å². The summed E-state index contributed by atoms with van der Waals surface area (Å²) in [5.41, 5.74) is -16.2. The third-order valence-corrected chi connectivity index (χ3v) is 15.3. The number of rotatable bonds is 9. The second-order valence-corrected chi connectivity index (χ2v) is 19.2. The number of carbonyl (C=O) groups is 2. The van der Waals surface area contributed by atoms with Gasteiger partial charge in [-0.1, -0.05) is 18.6 Å². The SMILES string of the molecule is CO[Si](C)(OC)OC.O=C(OC1(C(O)(C(F)(F)F)C(F)(F)F)CCCC1)C1CC2C=CC1C2.O=C(OC1(C(O)(C(F)(F)F)C(F)(F)F)CCCC1)C1CC2CCC1C2. The number of aliphatic hydroxyl groups is 2. The number of alkyl halides is 12. The molecule has 6 rings (SSSR count). The Morgan fingerprint density at radius 2 is 0.983 bits per heavy atom. The van der Waals surface area contributed by atoms with Crippen molar-refractivity contribution in [2.24, 2.45) is 35.5 Å². The minimum absolute atomic E-state index is 0.0123. The molecule has 336 valence electrons. The highest BCUT2D eigenvalue weighted by Crippen LogP contribution is 2.59. The van der Waals surface area contributed by atoms with Gasteiger partial charge in [0.2, 0.25) is 0 Å². The average molecular weight is 883 g/mol. The van der Waals surface area contributed by atoms with E-state index in [0.717, 1.165) is 19.3 Å². The van der Waals surface area contributed by atoms with Gasteiger partial charge in [-0.3, -0.25) is 9.59 Å². The van der Waals surface area contributed by atoms with Crippen molar-refractivity contribution in [2.45, 2.75) is 144 Å². The first-order chi connectivity index (χ1) is 26.5. The lowest BCUT2D eigenvalue weighted by molar-refractivity contribution is -0.413. The van der Waals surface area contributed by atoms with Crippen molar-refractivity contribution >= 4 is 20.7 Å². The molecule has 2 N–H and O–H groups in total. The Kier molecular flexibility index (Phi) is 14.2. The first-order valence-electron chi connectivity index (χ1n) is 19.0. The lowest BCUT2D eigenvalue weighted by atomic mass is 9.79. The lowest BCUT2D eigenvalue weighted by Gasteiger charge is -2.45. The predicted molar refractivity (Wildman–Crippen MR) is 179 cm³/mol. The summed E-state index contributed by atoms with van der Waals surface area (Å²) in [6.07, 6.45) is -19.1. The largest absolute Gasteiger partial charge is 0.496 e. The zero-order chi connectivity index (χ0) is 44.0. The Bertz CT molecular complexity index is 1430. The Hall–Kier alpha value is -2.14. The van der Waals surface area contributed by atoms with E-state index in [1.54, 1.807) is 27.4 Å². The van der Waals surface area contributed by atoms with E-state index in [1.807, 2.05) is 12.6 Å². The molecule has 6 aliphatic carbocycles. The van der Waals surface area contributed by atoms with Gasteiger partial charge < -0.3 is 33.0 Å². The van der Waals surface area contributed by atoms with E-state index in [1.165, 1.54) is 0 Å². The fourth-order valence-corrected chi connectivity index (χ4v) is 10.2. The quantitative estimate of drug-likeness (QED) is 0.102. The van der Waals surface area contributed by atoms with Gasteiger partial charge in [0.05, 0.1) is 11.8 Å². The molecule has 0 aliphatic heterocycles. The molecule has 0 saturated heterocycles. The highest BCUT2D eigenvalue weighted by molar-refractivity contribution is 6.58. The molecular weight excluding hydrogens is 832 g/mol. The number of allylic oxidation sites excluding steroid dienone is 2. The molecule has 6 unspecified atom stereocenters. The number of hydrogen-bond donors (Lipinski definition) is 2. The van der Waals surface area contributed by atoms with Crippen LogP contribution in [0.4, 0.5) is 52.7 Å². The molecule has 5 fully saturated rings.